The monoisotopic (exact) mass is 617 g/mol. The minimum Gasteiger partial charge on any atom is -0.354 e. The number of benzene rings is 3. The summed E-state index contributed by atoms with van der Waals surface area (Å²) in [5, 5.41) is 3.56. The number of aryl methyl sites for hydroxylation is 3. The van der Waals surface area contributed by atoms with Gasteiger partial charge in [0.05, 0.1) is 20.6 Å². The lowest BCUT2D eigenvalue weighted by atomic mass is 10.1. The van der Waals surface area contributed by atoms with E-state index in [1.54, 1.807) is 43.3 Å². The number of sulfonamides is 1. The lowest BCUT2D eigenvalue weighted by Gasteiger charge is -2.33. The van der Waals surface area contributed by atoms with E-state index in [0.717, 1.165) is 21.9 Å². The van der Waals surface area contributed by atoms with Crippen molar-refractivity contribution in [2.75, 3.05) is 17.4 Å². The van der Waals surface area contributed by atoms with Crippen LogP contribution in [0.1, 0.15) is 48.9 Å². The summed E-state index contributed by atoms with van der Waals surface area (Å²) in [6.07, 6.45) is 1.06. The summed E-state index contributed by atoms with van der Waals surface area (Å²) in [6, 6.07) is 16.2. The van der Waals surface area contributed by atoms with Gasteiger partial charge in [-0.1, -0.05) is 72.9 Å². The van der Waals surface area contributed by atoms with Gasteiger partial charge < -0.3 is 10.2 Å². The fraction of sp³-hybridized carbons (Fsp3) is 0.355. The predicted octanol–water partition coefficient (Wildman–Crippen LogP) is 6.45. The highest BCUT2D eigenvalue weighted by atomic mass is 35.5. The summed E-state index contributed by atoms with van der Waals surface area (Å²) in [4.78, 5) is 28.9. The minimum absolute atomic E-state index is 0.0407. The Bertz CT molecular complexity index is 1490. The van der Waals surface area contributed by atoms with Crippen LogP contribution < -0.4 is 9.62 Å². The molecule has 2 amide bonds. The highest BCUT2D eigenvalue weighted by molar-refractivity contribution is 7.92. The third kappa shape index (κ3) is 8.03. The second kappa shape index (κ2) is 14.2. The van der Waals surface area contributed by atoms with Crippen LogP contribution >= 0.6 is 23.2 Å². The number of amides is 2. The van der Waals surface area contributed by atoms with E-state index in [2.05, 4.69) is 5.32 Å². The Morgan fingerprint density at radius 3 is 2.15 bits per heavy atom. The maximum atomic E-state index is 14.2. The Morgan fingerprint density at radius 2 is 1.54 bits per heavy atom. The lowest BCUT2D eigenvalue weighted by molar-refractivity contribution is -0.140. The largest absolute Gasteiger partial charge is 0.354 e. The van der Waals surface area contributed by atoms with E-state index in [-0.39, 0.29) is 17.3 Å². The zero-order chi connectivity index (χ0) is 30.3. The molecule has 0 unspecified atom stereocenters. The van der Waals surface area contributed by atoms with Crippen LogP contribution in [0.25, 0.3) is 0 Å². The maximum Gasteiger partial charge on any atom is 0.264 e. The molecule has 0 aliphatic heterocycles. The van der Waals surface area contributed by atoms with Gasteiger partial charge in [0.2, 0.25) is 11.8 Å². The molecule has 10 heteroatoms. The van der Waals surface area contributed by atoms with Gasteiger partial charge in [-0.3, -0.25) is 13.9 Å². The average Bonchev–Trinajstić information content (AvgIpc) is 2.93. The van der Waals surface area contributed by atoms with Crippen LogP contribution in [0.4, 0.5) is 5.69 Å². The van der Waals surface area contributed by atoms with Crippen molar-refractivity contribution in [3.05, 3.63) is 93.0 Å². The van der Waals surface area contributed by atoms with Crippen molar-refractivity contribution in [3.8, 4) is 0 Å². The Balaban J connectivity index is 2.11. The van der Waals surface area contributed by atoms with Crippen LogP contribution in [0.3, 0.4) is 0 Å². The SMILES string of the molecule is CCCNC(=O)[C@H](CC)N(Cc1ccc(Cl)c(Cl)c1)C(=O)CN(c1cc(C)ccc1C)S(=O)(=O)c1ccc(C)cc1. The zero-order valence-corrected chi connectivity index (χ0v) is 26.4. The van der Waals surface area contributed by atoms with Crippen molar-refractivity contribution < 1.29 is 18.0 Å². The molecular weight excluding hydrogens is 581 g/mol. The molecule has 0 saturated carbocycles. The van der Waals surface area contributed by atoms with Crippen LogP contribution in [0.2, 0.25) is 10.0 Å². The van der Waals surface area contributed by atoms with E-state index in [1.807, 2.05) is 39.8 Å². The molecule has 0 saturated heterocycles. The number of carbonyl (C=O) groups excluding carboxylic acids is 2. The molecular formula is C31H37Cl2N3O4S. The smallest absolute Gasteiger partial charge is 0.264 e. The Labute approximate surface area is 253 Å². The van der Waals surface area contributed by atoms with Gasteiger partial charge in [-0.15, -0.1) is 0 Å². The van der Waals surface area contributed by atoms with Crippen molar-refractivity contribution in [1.82, 2.24) is 10.2 Å². The summed E-state index contributed by atoms with van der Waals surface area (Å²) in [5.74, 6) is -0.825. The Kier molecular flexibility index (Phi) is 11.2. The average molecular weight is 619 g/mol. The molecule has 0 aromatic heterocycles. The van der Waals surface area contributed by atoms with Crippen LogP contribution in [-0.2, 0) is 26.2 Å². The van der Waals surface area contributed by atoms with Crippen LogP contribution in [0, 0.1) is 20.8 Å². The molecule has 0 aliphatic rings. The molecule has 1 atom stereocenters. The minimum atomic E-state index is -4.14. The predicted molar refractivity (Wildman–Crippen MR) is 166 cm³/mol. The standard InChI is InChI=1S/C31H37Cl2N3O4S/c1-6-16-34-31(38)28(7-2)35(19-24-12-15-26(32)27(33)18-24)30(37)20-36(29-17-22(4)8-11-23(29)5)41(39,40)25-13-9-21(3)10-14-25/h8-15,17-18,28H,6-7,16,19-20H2,1-5H3,(H,34,38)/t28-/m0/s1. The number of hydrogen-bond acceptors (Lipinski definition) is 4. The number of rotatable bonds is 12. The van der Waals surface area contributed by atoms with Gasteiger partial charge in [0.1, 0.15) is 12.6 Å². The zero-order valence-electron chi connectivity index (χ0n) is 24.1. The van der Waals surface area contributed by atoms with Gasteiger partial charge in [0, 0.05) is 13.1 Å². The quantitative estimate of drug-likeness (QED) is 0.253. The second-order valence-corrected chi connectivity index (χ2v) is 12.8. The highest BCUT2D eigenvalue weighted by Gasteiger charge is 2.34. The molecule has 0 aliphatic carbocycles. The topological polar surface area (TPSA) is 86.8 Å². The van der Waals surface area contributed by atoms with Crippen LogP contribution in [0.15, 0.2) is 65.6 Å². The van der Waals surface area contributed by atoms with E-state index in [9.17, 15) is 18.0 Å². The first-order valence-electron chi connectivity index (χ1n) is 13.6. The Hall–Kier alpha value is -3.07. The maximum absolute atomic E-state index is 14.2. The first-order valence-corrected chi connectivity index (χ1v) is 15.8. The molecule has 41 heavy (non-hydrogen) atoms. The second-order valence-electron chi connectivity index (χ2n) is 10.1. The van der Waals surface area contributed by atoms with Crippen molar-refractivity contribution in [3.63, 3.8) is 0 Å². The van der Waals surface area contributed by atoms with E-state index in [1.165, 1.54) is 17.0 Å². The van der Waals surface area contributed by atoms with Gasteiger partial charge in [0.15, 0.2) is 0 Å². The molecule has 7 nitrogen and oxygen atoms in total. The summed E-state index contributed by atoms with van der Waals surface area (Å²) in [7, 11) is -4.14. The summed E-state index contributed by atoms with van der Waals surface area (Å²) in [5.41, 5.74) is 3.52. The number of hydrogen-bond donors (Lipinski definition) is 1. The fourth-order valence-corrected chi connectivity index (χ4v) is 6.25. The third-order valence-electron chi connectivity index (χ3n) is 6.79. The third-order valence-corrected chi connectivity index (χ3v) is 9.31. The van der Waals surface area contributed by atoms with Crippen molar-refractivity contribution >= 4 is 50.7 Å². The molecule has 3 aromatic carbocycles. The number of carbonyl (C=O) groups is 2. The van der Waals surface area contributed by atoms with E-state index < -0.39 is 28.5 Å². The van der Waals surface area contributed by atoms with Gasteiger partial charge in [-0.25, -0.2) is 8.42 Å². The van der Waals surface area contributed by atoms with Crippen molar-refractivity contribution in [2.45, 2.75) is 64.9 Å². The van der Waals surface area contributed by atoms with Crippen LogP contribution in [0.5, 0.6) is 0 Å². The van der Waals surface area contributed by atoms with E-state index in [4.69, 9.17) is 23.2 Å². The summed E-state index contributed by atoms with van der Waals surface area (Å²) in [6.45, 7) is 9.30. The van der Waals surface area contributed by atoms with Gasteiger partial charge in [-0.2, -0.15) is 0 Å². The molecule has 0 heterocycles. The number of anilines is 1. The molecule has 0 radical (unpaired) electrons. The fourth-order valence-electron chi connectivity index (χ4n) is 4.46. The van der Waals surface area contributed by atoms with Gasteiger partial charge >= 0.3 is 0 Å². The first-order chi connectivity index (χ1) is 19.4. The number of nitrogens with one attached hydrogen (secondary N) is 1. The lowest BCUT2D eigenvalue weighted by Crippen LogP contribution is -2.52. The van der Waals surface area contributed by atoms with E-state index in [0.29, 0.717) is 39.8 Å². The molecule has 0 fully saturated rings. The molecule has 3 aromatic rings. The number of halogens is 2. The van der Waals surface area contributed by atoms with Crippen molar-refractivity contribution in [2.24, 2.45) is 0 Å². The van der Waals surface area contributed by atoms with Crippen LogP contribution in [-0.4, -0.2) is 44.3 Å². The molecule has 220 valence electrons. The van der Waals surface area contributed by atoms with E-state index >= 15 is 0 Å². The number of nitrogens with zero attached hydrogens (tertiary/aromatic N) is 2. The molecule has 1 N–H and O–H groups in total. The highest BCUT2D eigenvalue weighted by Crippen LogP contribution is 2.29. The summed E-state index contributed by atoms with van der Waals surface area (Å²) >= 11 is 12.4. The van der Waals surface area contributed by atoms with Gasteiger partial charge in [0.25, 0.3) is 10.0 Å². The molecule has 0 bridgehead atoms. The Morgan fingerprint density at radius 1 is 0.878 bits per heavy atom. The first kappa shape index (κ1) is 32.4. The molecule has 0 spiro atoms. The normalized spacial score (nSPS) is 12.1. The van der Waals surface area contributed by atoms with Gasteiger partial charge in [-0.05, 0) is 80.6 Å². The molecule has 3 rings (SSSR count). The van der Waals surface area contributed by atoms with Crippen molar-refractivity contribution in [1.29, 1.82) is 0 Å². The summed E-state index contributed by atoms with van der Waals surface area (Å²) < 4.78 is 29.3.